The molecule has 0 saturated carbocycles. The minimum absolute atomic E-state index is 0.0244. The number of non-ortho nitro benzene ring substituents is 1. The summed E-state index contributed by atoms with van der Waals surface area (Å²) < 4.78 is 1.61. The molecule has 0 spiro atoms. The van der Waals surface area contributed by atoms with Crippen molar-refractivity contribution in [1.29, 1.82) is 0 Å². The standard InChI is InChI=1S/C15H12ClN3O5/c16-10-6-9(13(21)7-14(10)22)15-17-11-5-8(19(23)24)1-2-12(11)18(15)3-4-20/h1-2,5-7,20-22H,3-4H2. The fourth-order valence-electron chi connectivity index (χ4n) is 2.49. The fraction of sp³-hybridized carbons (Fsp3) is 0.133. The third kappa shape index (κ3) is 2.61. The van der Waals surface area contributed by atoms with Crippen molar-refractivity contribution in [2.45, 2.75) is 6.54 Å². The molecule has 124 valence electrons. The number of hydrogen-bond acceptors (Lipinski definition) is 6. The summed E-state index contributed by atoms with van der Waals surface area (Å²) in [5, 5.41) is 39.9. The van der Waals surface area contributed by atoms with Gasteiger partial charge in [-0.3, -0.25) is 10.1 Å². The zero-order valence-electron chi connectivity index (χ0n) is 12.2. The number of phenolic OH excluding ortho intramolecular Hbond substituents is 2. The van der Waals surface area contributed by atoms with Crippen molar-refractivity contribution in [2.24, 2.45) is 0 Å². The Morgan fingerprint density at radius 2 is 1.96 bits per heavy atom. The first kappa shape index (κ1) is 16.0. The van der Waals surface area contributed by atoms with Crippen LogP contribution in [0.5, 0.6) is 11.5 Å². The molecule has 0 unspecified atom stereocenters. The second kappa shape index (κ2) is 5.99. The van der Waals surface area contributed by atoms with Crippen LogP contribution in [0, 0.1) is 10.1 Å². The largest absolute Gasteiger partial charge is 0.507 e. The fourth-order valence-corrected chi connectivity index (χ4v) is 2.66. The van der Waals surface area contributed by atoms with E-state index in [9.17, 15) is 25.4 Å². The highest BCUT2D eigenvalue weighted by Gasteiger charge is 2.19. The normalized spacial score (nSPS) is 11.1. The molecule has 0 aliphatic carbocycles. The van der Waals surface area contributed by atoms with Gasteiger partial charge >= 0.3 is 0 Å². The number of imidazole rings is 1. The summed E-state index contributed by atoms with van der Waals surface area (Å²) in [6, 6.07) is 6.61. The molecule has 24 heavy (non-hydrogen) atoms. The second-order valence-electron chi connectivity index (χ2n) is 5.06. The van der Waals surface area contributed by atoms with Gasteiger partial charge in [-0.1, -0.05) is 11.6 Å². The number of halogens is 1. The van der Waals surface area contributed by atoms with Gasteiger partial charge in [0.1, 0.15) is 17.3 Å². The van der Waals surface area contributed by atoms with E-state index in [-0.39, 0.29) is 46.7 Å². The van der Waals surface area contributed by atoms with Crippen LogP contribution in [0.2, 0.25) is 5.02 Å². The van der Waals surface area contributed by atoms with Crippen molar-refractivity contribution in [1.82, 2.24) is 9.55 Å². The van der Waals surface area contributed by atoms with E-state index in [2.05, 4.69) is 4.98 Å². The summed E-state index contributed by atoms with van der Waals surface area (Å²) >= 11 is 5.89. The minimum Gasteiger partial charge on any atom is -0.507 e. The Labute approximate surface area is 140 Å². The number of aliphatic hydroxyl groups is 1. The van der Waals surface area contributed by atoms with Crippen LogP contribution < -0.4 is 0 Å². The molecule has 0 aliphatic heterocycles. The Balaban J connectivity index is 2.28. The summed E-state index contributed by atoms with van der Waals surface area (Å²) in [5.74, 6) is -0.252. The first-order valence-corrected chi connectivity index (χ1v) is 7.27. The first-order chi connectivity index (χ1) is 11.4. The molecule has 0 aliphatic rings. The lowest BCUT2D eigenvalue weighted by atomic mass is 10.1. The molecule has 3 aromatic rings. The van der Waals surface area contributed by atoms with Gasteiger partial charge in [0.25, 0.3) is 5.69 Å². The molecular weight excluding hydrogens is 338 g/mol. The van der Waals surface area contributed by atoms with E-state index in [1.807, 2.05) is 0 Å². The van der Waals surface area contributed by atoms with Gasteiger partial charge in [0.15, 0.2) is 0 Å². The Kier molecular flexibility index (Phi) is 4.00. The average Bonchev–Trinajstić information content (AvgIpc) is 2.89. The van der Waals surface area contributed by atoms with Crippen LogP contribution in [-0.4, -0.2) is 36.4 Å². The topological polar surface area (TPSA) is 122 Å². The van der Waals surface area contributed by atoms with E-state index < -0.39 is 4.92 Å². The van der Waals surface area contributed by atoms with E-state index in [1.54, 1.807) is 4.57 Å². The van der Waals surface area contributed by atoms with Crippen molar-refractivity contribution in [3.05, 3.63) is 45.5 Å². The van der Waals surface area contributed by atoms with Gasteiger partial charge in [0, 0.05) is 24.7 Å². The number of aliphatic hydroxyl groups excluding tert-OH is 1. The molecule has 3 N–H and O–H groups in total. The summed E-state index contributed by atoms with van der Waals surface area (Å²) in [6.07, 6.45) is 0. The number of aromatic nitrogens is 2. The van der Waals surface area contributed by atoms with E-state index in [0.717, 1.165) is 6.07 Å². The number of phenols is 2. The van der Waals surface area contributed by atoms with Crippen LogP contribution in [0.3, 0.4) is 0 Å². The summed E-state index contributed by atoms with van der Waals surface area (Å²) in [5.41, 5.74) is 1.03. The first-order valence-electron chi connectivity index (χ1n) is 6.89. The zero-order valence-corrected chi connectivity index (χ0v) is 12.9. The third-order valence-electron chi connectivity index (χ3n) is 3.57. The maximum absolute atomic E-state index is 10.9. The Morgan fingerprint density at radius 1 is 1.21 bits per heavy atom. The lowest BCUT2D eigenvalue weighted by Gasteiger charge is -2.10. The summed E-state index contributed by atoms with van der Waals surface area (Å²) in [4.78, 5) is 14.7. The van der Waals surface area contributed by atoms with Crippen LogP contribution in [0.25, 0.3) is 22.4 Å². The molecule has 0 fully saturated rings. The highest BCUT2D eigenvalue weighted by molar-refractivity contribution is 6.32. The third-order valence-corrected chi connectivity index (χ3v) is 3.88. The van der Waals surface area contributed by atoms with E-state index in [4.69, 9.17) is 11.6 Å². The van der Waals surface area contributed by atoms with Gasteiger partial charge in [0.05, 0.1) is 33.1 Å². The molecule has 0 radical (unpaired) electrons. The van der Waals surface area contributed by atoms with Crippen LogP contribution in [0.15, 0.2) is 30.3 Å². The van der Waals surface area contributed by atoms with Gasteiger partial charge in [-0.15, -0.1) is 0 Å². The predicted octanol–water partition coefficient (Wildman–Crippen LogP) is 2.67. The molecule has 8 nitrogen and oxygen atoms in total. The lowest BCUT2D eigenvalue weighted by molar-refractivity contribution is -0.384. The van der Waals surface area contributed by atoms with Crippen molar-refractivity contribution in [3.8, 4) is 22.9 Å². The van der Waals surface area contributed by atoms with Gasteiger partial charge in [0.2, 0.25) is 0 Å². The number of nitro groups is 1. The highest BCUT2D eigenvalue weighted by atomic mass is 35.5. The number of aromatic hydroxyl groups is 2. The molecule has 3 rings (SSSR count). The molecule has 0 atom stereocenters. The Morgan fingerprint density at radius 3 is 2.62 bits per heavy atom. The number of hydrogen-bond donors (Lipinski definition) is 3. The highest BCUT2D eigenvalue weighted by Crippen LogP contribution is 2.38. The molecular formula is C15H12ClN3O5. The van der Waals surface area contributed by atoms with Crippen molar-refractivity contribution in [2.75, 3.05) is 6.61 Å². The maximum Gasteiger partial charge on any atom is 0.271 e. The van der Waals surface area contributed by atoms with Crippen molar-refractivity contribution in [3.63, 3.8) is 0 Å². The molecule has 0 saturated heterocycles. The Bertz CT molecular complexity index is 954. The van der Waals surface area contributed by atoms with Gasteiger partial charge in [-0.25, -0.2) is 4.98 Å². The van der Waals surface area contributed by atoms with Crippen LogP contribution >= 0.6 is 11.6 Å². The van der Waals surface area contributed by atoms with Crippen LogP contribution in [-0.2, 0) is 6.54 Å². The van der Waals surface area contributed by atoms with E-state index in [0.29, 0.717) is 11.0 Å². The maximum atomic E-state index is 10.9. The van der Waals surface area contributed by atoms with E-state index >= 15 is 0 Å². The Hall–Kier alpha value is -2.84. The lowest BCUT2D eigenvalue weighted by Crippen LogP contribution is -2.04. The number of fused-ring (bicyclic) bond motifs is 1. The molecule has 9 heteroatoms. The number of nitrogens with zero attached hydrogens (tertiary/aromatic N) is 3. The monoisotopic (exact) mass is 349 g/mol. The quantitative estimate of drug-likeness (QED) is 0.491. The predicted molar refractivity (Wildman–Crippen MR) is 87.2 cm³/mol. The molecule has 1 aromatic heterocycles. The summed E-state index contributed by atoms with van der Waals surface area (Å²) in [6.45, 7) is -0.0242. The smallest absolute Gasteiger partial charge is 0.271 e. The number of rotatable bonds is 4. The average molecular weight is 350 g/mol. The van der Waals surface area contributed by atoms with Gasteiger partial charge < -0.3 is 19.9 Å². The number of benzene rings is 2. The SMILES string of the molecule is O=[N+]([O-])c1ccc2c(c1)nc(-c1cc(Cl)c(O)cc1O)n2CCO. The minimum atomic E-state index is -0.529. The number of nitro benzene ring substituents is 1. The zero-order chi connectivity index (χ0) is 17.4. The van der Waals surface area contributed by atoms with Gasteiger partial charge in [-0.2, -0.15) is 0 Å². The summed E-state index contributed by atoms with van der Waals surface area (Å²) in [7, 11) is 0. The van der Waals surface area contributed by atoms with E-state index in [1.165, 1.54) is 24.3 Å². The van der Waals surface area contributed by atoms with Crippen molar-refractivity contribution >= 4 is 28.3 Å². The van der Waals surface area contributed by atoms with Crippen LogP contribution in [0.4, 0.5) is 5.69 Å². The molecule has 1 heterocycles. The van der Waals surface area contributed by atoms with Crippen LogP contribution in [0.1, 0.15) is 0 Å². The molecule has 2 aromatic carbocycles. The molecule has 0 bridgehead atoms. The molecule has 0 amide bonds. The van der Waals surface area contributed by atoms with Gasteiger partial charge in [-0.05, 0) is 12.1 Å². The second-order valence-corrected chi connectivity index (χ2v) is 5.47. The van der Waals surface area contributed by atoms with Crippen molar-refractivity contribution < 1.29 is 20.2 Å².